The zero-order chi connectivity index (χ0) is 15.1. The van der Waals surface area contributed by atoms with Crippen LogP contribution in [0.15, 0.2) is 40.9 Å². The van der Waals surface area contributed by atoms with E-state index in [4.69, 9.17) is 23.2 Å². The third-order valence-corrected chi connectivity index (χ3v) is 4.68. The van der Waals surface area contributed by atoms with Gasteiger partial charge in [-0.2, -0.15) is 0 Å². The van der Waals surface area contributed by atoms with E-state index in [-0.39, 0.29) is 11.9 Å². The Hall–Kier alpha value is -1.03. The van der Waals surface area contributed by atoms with Crippen LogP contribution in [0.3, 0.4) is 0 Å². The van der Waals surface area contributed by atoms with Crippen LogP contribution in [-0.2, 0) is 6.42 Å². The fourth-order valence-electron chi connectivity index (χ4n) is 2.70. The van der Waals surface area contributed by atoms with Crippen molar-refractivity contribution in [2.75, 3.05) is 4.90 Å². The number of halogens is 3. The molecule has 0 spiro atoms. The number of fused-ring (bicyclic) bond motifs is 1. The summed E-state index contributed by atoms with van der Waals surface area (Å²) in [5.74, 6) is -0.0924. The molecule has 0 radical (unpaired) electrons. The van der Waals surface area contributed by atoms with Crippen molar-refractivity contribution >= 4 is 50.7 Å². The van der Waals surface area contributed by atoms with Crippen molar-refractivity contribution in [3.8, 4) is 0 Å². The summed E-state index contributed by atoms with van der Waals surface area (Å²) in [4.78, 5) is 14.6. The van der Waals surface area contributed by atoms with Crippen molar-refractivity contribution in [3.63, 3.8) is 0 Å². The van der Waals surface area contributed by atoms with Gasteiger partial charge in [0, 0.05) is 21.2 Å². The molecular formula is C16H12BrCl2NO. The minimum atomic E-state index is -0.0924. The monoisotopic (exact) mass is 383 g/mol. The van der Waals surface area contributed by atoms with E-state index in [0.717, 1.165) is 22.1 Å². The molecule has 1 aliphatic heterocycles. The highest BCUT2D eigenvalue weighted by Crippen LogP contribution is 2.36. The number of benzene rings is 2. The molecule has 0 aliphatic carbocycles. The lowest BCUT2D eigenvalue weighted by Crippen LogP contribution is -2.35. The first kappa shape index (κ1) is 14.9. The number of hydrogen-bond acceptors (Lipinski definition) is 1. The molecule has 0 bridgehead atoms. The number of anilines is 1. The highest BCUT2D eigenvalue weighted by molar-refractivity contribution is 9.10. The maximum Gasteiger partial charge on any atom is 0.260 e. The molecule has 0 fully saturated rings. The molecule has 3 rings (SSSR count). The van der Waals surface area contributed by atoms with Gasteiger partial charge in [-0.15, -0.1) is 0 Å². The third kappa shape index (κ3) is 2.70. The van der Waals surface area contributed by atoms with Crippen LogP contribution in [0.4, 0.5) is 5.69 Å². The smallest absolute Gasteiger partial charge is 0.260 e. The Balaban J connectivity index is 2.03. The van der Waals surface area contributed by atoms with Gasteiger partial charge in [0.05, 0.1) is 10.6 Å². The number of carbonyl (C=O) groups excluding carboxylic acids is 1. The molecule has 1 aliphatic rings. The molecule has 0 N–H and O–H groups in total. The maximum absolute atomic E-state index is 12.8. The fraction of sp³-hybridized carbons (Fsp3) is 0.188. The van der Waals surface area contributed by atoms with Gasteiger partial charge in [-0.3, -0.25) is 4.79 Å². The van der Waals surface area contributed by atoms with Crippen LogP contribution in [0.5, 0.6) is 0 Å². The Bertz CT molecular complexity index is 732. The molecule has 2 aromatic rings. The molecule has 0 saturated heterocycles. The molecule has 1 amide bonds. The third-order valence-electron chi connectivity index (χ3n) is 3.64. The van der Waals surface area contributed by atoms with E-state index in [1.807, 2.05) is 19.1 Å². The van der Waals surface area contributed by atoms with E-state index >= 15 is 0 Å². The second kappa shape index (κ2) is 5.64. The van der Waals surface area contributed by atoms with Crippen LogP contribution in [0.1, 0.15) is 22.8 Å². The largest absolute Gasteiger partial charge is 0.305 e. The molecular weight excluding hydrogens is 373 g/mol. The average Bonchev–Trinajstić information content (AvgIpc) is 2.73. The van der Waals surface area contributed by atoms with Crippen LogP contribution < -0.4 is 4.90 Å². The number of nitrogens with zero attached hydrogens (tertiary/aromatic N) is 1. The van der Waals surface area contributed by atoms with Crippen molar-refractivity contribution in [3.05, 3.63) is 62.0 Å². The minimum Gasteiger partial charge on any atom is -0.305 e. The first-order valence-electron chi connectivity index (χ1n) is 6.54. The van der Waals surface area contributed by atoms with Gasteiger partial charge in [0.2, 0.25) is 0 Å². The summed E-state index contributed by atoms with van der Waals surface area (Å²) in [5, 5.41) is 0.903. The summed E-state index contributed by atoms with van der Waals surface area (Å²) in [6, 6.07) is 11.0. The predicted molar refractivity (Wildman–Crippen MR) is 90.6 cm³/mol. The zero-order valence-electron chi connectivity index (χ0n) is 11.2. The van der Waals surface area contributed by atoms with Crippen LogP contribution >= 0.6 is 39.1 Å². The lowest BCUT2D eigenvalue weighted by atomic mass is 10.1. The molecule has 5 heteroatoms. The second-order valence-electron chi connectivity index (χ2n) is 5.13. The summed E-state index contributed by atoms with van der Waals surface area (Å²) in [7, 11) is 0. The lowest BCUT2D eigenvalue weighted by Gasteiger charge is -2.23. The van der Waals surface area contributed by atoms with E-state index in [1.54, 1.807) is 23.1 Å². The maximum atomic E-state index is 12.8. The quantitative estimate of drug-likeness (QED) is 0.649. The number of carbonyl (C=O) groups is 1. The van der Waals surface area contributed by atoms with Crippen LogP contribution in [0, 0.1) is 0 Å². The Kier molecular flexibility index (Phi) is 4.00. The van der Waals surface area contributed by atoms with E-state index in [0.29, 0.717) is 15.6 Å². The predicted octanol–water partition coefficient (Wildman–Crippen LogP) is 5.35. The topological polar surface area (TPSA) is 20.3 Å². The fourth-order valence-corrected chi connectivity index (χ4v) is 3.60. The van der Waals surface area contributed by atoms with E-state index in [1.165, 1.54) is 0 Å². The van der Waals surface area contributed by atoms with Gasteiger partial charge in [-0.25, -0.2) is 0 Å². The molecule has 0 saturated carbocycles. The van der Waals surface area contributed by atoms with Crippen molar-refractivity contribution in [2.45, 2.75) is 19.4 Å². The second-order valence-corrected chi connectivity index (χ2v) is 6.88. The molecule has 2 nitrogen and oxygen atoms in total. The molecule has 1 unspecified atom stereocenters. The van der Waals surface area contributed by atoms with Gasteiger partial charge in [0.1, 0.15) is 0 Å². The highest BCUT2D eigenvalue weighted by atomic mass is 79.9. The molecule has 108 valence electrons. The van der Waals surface area contributed by atoms with Crippen molar-refractivity contribution in [1.82, 2.24) is 0 Å². The molecule has 1 atom stereocenters. The highest BCUT2D eigenvalue weighted by Gasteiger charge is 2.32. The van der Waals surface area contributed by atoms with Gasteiger partial charge < -0.3 is 4.90 Å². The molecule has 1 heterocycles. The van der Waals surface area contributed by atoms with Gasteiger partial charge >= 0.3 is 0 Å². The Morgan fingerprint density at radius 2 is 2.00 bits per heavy atom. The summed E-state index contributed by atoms with van der Waals surface area (Å²) in [6.07, 6.45) is 0.839. The van der Waals surface area contributed by atoms with E-state index in [2.05, 4.69) is 22.0 Å². The summed E-state index contributed by atoms with van der Waals surface area (Å²) in [6.45, 7) is 2.04. The van der Waals surface area contributed by atoms with Crippen molar-refractivity contribution < 1.29 is 4.79 Å². The number of amides is 1. The van der Waals surface area contributed by atoms with Crippen molar-refractivity contribution in [2.24, 2.45) is 0 Å². The standard InChI is InChI=1S/C16H12BrCl2NO/c1-9-6-10-7-11(17)2-5-15(10)20(9)16(21)13-4-3-12(18)8-14(13)19/h2-5,7-9H,6H2,1H3. The molecule has 2 aromatic carbocycles. The van der Waals surface area contributed by atoms with Crippen LogP contribution in [0.2, 0.25) is 10.0 Å². The molecule has 0 aromatic heterocycles. The zero-order valence-corrected chi connectivity index (χ0v) is 14.3. The number of hydrogen-bond donors (Lipinski definition) is 0. The van der Waals surface area contributed by atoms with Gasteiger partial charge in [-0.05, 0) is 55.3 Å². The van der Waals surface area contributed by atoms with Crippen LogP contribution in [-0.4, -0.2) is 11.9 Å². The first-order valence-corrected chi connectivity index (χ1v) is 8.09. The Morgan fingerprint density at radius 3 is 2.71 bits per heavy atom. The summed E-state index contributed by atoms with van der Waals surface area (Å²) < 4.78 is 1.02. The Labute approximate surface area is 141 Å². The normalized spacial score (nSPS) is 17.0. The first-order chi connectivity index (χ1) is 9.97. The van der Waals surface area contributed by atoms with Crippen LogP contribution in [0.25, 0.3) is 0 Å². The van der Waals surface area contributed by atoms with Gasteiger partial charge in [-0.1, -0.05) is 39.1 Å². The summed E-state index contributed by atoms with van der Waals surface area (Å²) in [5.41, 5.74) is 2.58. The number of rotatable bonds is 1. The SMILES string of the molecule is CC1Cc2cc(Br)ccc2N1C(=O)c1ccc(Cl)cc1Cl. The molecule has 21 heavy (non-hydrogen) atoms. The minimum absolute atomic E-state index is 0.0924. The van der Waals surface area contributed by atoms with E-state index < -0.39 is 0 Å². The summed E-state index contributed by atoms with van der Waals surface area (Å²) >= 11 is 15.5. The Morgan fingerprint density at radius 1 is 1.24 bits per heavy atom. The van der Waals surface area contributed by atoms with E-state index in [9.17, 15) is 4.79 Å². The average molecular weight is 385 g/mol. The van der Waals surface area contributed by atoms with Crippen molar-refractivity contribution in [1.29, 1.82) is 0 Å². The van der Waals surface area contributed by atoms with Gasteiger partial charge in [0.25, 0.3) is 5.91 Å². The lowest BCUT2D eigenvalue weighted by molar-refractivity contribution is 0.0981. The van der Waals surface area contributed by atoms with Gasteiger partial charge in [0.15, 0.2) is 0 Å².